The number of aryl methyl sites for hydroxylation is 1. The zero-order chi connectivity index (χ0) is 37.4. The highest BCUT2D eigenvalue weighted by atomic mass is 19.4. The molecule has 2 N–H and O–H groups in total. The Hall–Kier alpha value is -4.75. The molecule has 3 aliphatic rings. The van der Waals surface area contributed by atoms with Crippen LogP contribution in [0.5, 0.6) is 5.75 Å². The molecule has 53 heavy (non-hydrogen) atoms. The number of benzene rings is 3. The van der Waals surface area contributed by atoms with Crippen molar-refractivity contribution in [1.29, 1.82) is 0 Å². The third-order valence-electron chi connectivity index (χ3n) is 11.1. The van der Waals surface area contributed by atoms with E-state index in [0.717, 1.165) is 42.9 Å². The van der Waals surface area contributed by atoms with E-state index in [9.17, 15) is 27.6 Å². The highest BCUT2D eigenvalue weighted by molar-refractivity contribution is 6.01. The minimum absolute atomic E-state index is 0.121. The Labute approximate surface area is 304 Å². The standard InChI is InChI=1S/C40H43F4N5O4/c1-47-22-31(29-5-3-4-6-30(29)39(47)52)25-19-34(41)32(36(20-25)53-2)23-48-15-13-27(14-16-48)49-17-11-24(12-18-49)28-8-7-26(21-33(28)40(42,43)44)45-35-9-10-37(50)46-38(35)51/h3-8,19-22,24,27,35,45H,9-18,23H2,1-2H3,(H,46,50,51). The molecule has 3 aromatic carbocycles. The van der Waals surface area contributed by atoms with Crippen molar-refractivity contribution in [3.8, 4) is 16.9 Å². The maximum atomic E-state index is 15.8. The van der Waals surface area contributed by atoms with Crippen LogP contribution in [0.3, 0.4) is 0 Å². The smallest absolute Gasteiger partial charge is 0.416 e. The molecular formula is C40H43F4N5O4. The van der Waals surface area contributed by atoms with Gasteiger partial charge in [-0.05, 0) is 111 Å². The van der Waals surface area contributed by atoms with Gasteiger partial charge in [0, 0.05) is 54.5 Å². The van der Waals surface area contributed by atoms with Crippen molar-refractivity contribution in [2.45, 2.75) is 69.2 Å². The number of likely N-dealkylation sites (tertiary alicyclic amines) is 2. The number of hydrogen-bond donors (Lipinski definition) is 2. The van der Waals surface area contributed by atoms with Gasteiger partial charge in [0.25, 0.3) is 5.56 Å². The van der Waals surface area contributed by atoms with Crippen LogP contribution in [0.25, 0.3) is 21.9 Å². The lowest BCUT2D eigenvalue weighted by Crippen LogP contribution is -2.47. The minimum Gasteiger partial charge on any atom is -0.496 e. The molecular weight excluding hydrogens is 690 g/mol. The lowest BCUT2D eigenvalue weighted by atomic mass is 9.85. The van der Waals surface area contributed by atoms with Crippen molar-refractivity contribution >= 4 is 28.3 Å². The zero-order valence-electron chi connectivity index (χ0n) is 29.8. The van der Waals surface area contributed by atoms with Crippen molar-refractivity contribution in [1.82, 2.24) is 19.7 Å². The van der Waals surface area contributed by atoms with Gasteiger partial charge in [0.2, 0.25) is 11.8 Å². The van der Waals surface area contributed by atoms with Crippen LogP contribution in [0, 0.1) is 5.82 Å². The summed E-state index contributed by atoms with van der Waals surface area (Å²) in [6, 6.07) is 14.4. The first-order valence-corrected chi connectivity index (χ1v) is 18.1. The Morgan fingerprint density at radius 3 is 2.30 bits per heavy atom. The number of fused-ring (bicyclic) bond motifs is 1. The van der Waals surface area contributed by atoms with E-state index in [1.54, 1.807) is 25.4 Å². The predicted octanol–water partition coefficient (Wildman–Crippen LogP) is 6.43. The number of nitrogens with one attached hydrogen (secondary N) is 2. The average Bonchev–Trinajstić information content (AvgIpc) is 3.15. The summed E-state index contributed by atoms with van der Waals surface area (Å²) in [7, 11) is 3.21. The molecule has 1 atom stereocenters. The molecule has 9 nitrogen and oxygen atoms in total. The molecule has 13 heteroatoms. The quantitative estimate of drug-likeness (QED) is 0.159. The lowest BCUT2D eigenvalue weighted by molar-refractivity contribution is -0.138. The van der Waals surface area contributed by atoms with Crippen LogP contribution < -0.4 is 20.9 Å². The van der Waals surface area contributed by atoms with Crippen LogP contribution >= 0.6 is 0 Å². The molecule has 1 aromatic heterocycles. The SMILES string of the molecule is COc1cc(-c2cn(C)c(=O)c3ccccc23)cc(F)c1CN1CCC(N2CCC(c3ccc(NC4CCC(=O)NC4=O)cc3C(F)(F)F)CC2)CC1. The number of hydrogen-bond acceptors (Lipinski definition) is 7. The van der Waals surface area contributed by atoms with E-state index in [1.807, 2.05) is 24.3 Å². The first-order valence-electron chi connectivity index (χ1n) is 18.1. The number of carbonyl (C=O) groups excluding carboxylic acids is 2. The van der Waals surface area contributed by atoms with Gasteiger partial charge in [0.15, 0.2) is 0 Å². The number of pyridine rings is 1. The number of imide groups is 1. The largest absolute Gasteiger partial charge is 0.496 e. The molecule has 0 saturated carbocycles. The zero-order valence-corrected chi connectivity index (χ0v) is 29.8. The number of methoxy groups -OCH3 is 1. The first kappa shape index (κ1) is 36.6. The second kappa shape index (κ2) is 14.9. The molecule has 280 valence electrons. The Kier molecular flexibility index (Phi) is 10.3. The topological polar surface area (TPSA) is 95.9 Å². The van der Waals surface area contributed by atoms with Crippen molar-refractivity contribution in [3.63, 3.8) is 0 Å². The van der Waals surface area contributed by atoms with Gasteiger partial charge < -0.3 is 19.5 Å². The monoisotopic (exact) mass is 733 g/mol. The fourth-order valence-corrected chi connectivity index (χ4v) is 8.27. The lowest BCUT2D eigenvalue weighted by Gasteiger charge is -2.42. The highest BCUT2D eigenvalue weighted by Gasteiger charge is 2.38. The molecule has 0 radical (unpaired) electrons. The molecule has 0 aliphatic carbocycles. The van der Waals surface area contributed by atoms with E-state index >= 15 is 4.39 Å². The van der Waals surface area contributed by atoms with E-state index in [1.165, 1.54) is 23.8 Å². The summed E-state index contributed by atoms with van der Waals surface area (Å²) in [6.07, 6.45) is 0.453. The summed E-state index contributed by atoms with van der Waals surface area (Å²) >= 11 is 0. The number of ether oxygens (including phenoxy) is 1. The molecule has 4 aromatic rings. The number of rotatable bonds is 8. The molecule has 2 amide bonds. The number of alkyl halides is 3. The average molecular weight is 734 g/mol. The third-order valence-corrected chi connectivity index (χ3v) is 11.1. The van der Waals surface area contributed by atoms with Crippen LogP contribution in [0.2, 0.25) is 0 Å². The van der Waals surface area contributed by atoms with E-state index in [2.05, 4.69) is 20.4 Å². The van der Waals surface area contributed by atoms with Crippen molar-refractivity contribution in [2.24, 2.45) is 7.05 Å². The predicted molar refractivity (Wildman–Crippen MR) is 194 cm³/mol. The van der Waals surface area contributed by atoms with Gasteiger partial charge in [0.1, 0.15) is 17.6 Å². The maximum absolute atomic E-state index is 15.8. The summed E-state index contributed by atoms with van der Waals surface area (Å²) in [5.41, 5.74) is 1.50. The van der Waals surface area contributed by atoms with Crippen LogP contribution in [0.4, 0.5) is 23.2 Å². The van der Waals surface area contributed by atoms with Gasteiger partial charge in [-0.3, -0.25) is 24.6 Å². The van der Waals surface area contributed by atoms with Crippen LogP contribution in [-0.4, -0.2) is 71.6 Å². The number of piperidine rings is 3. The number of nitrogens with zero attached hydrogens (tertiary/aromatic N) is 3. The van der Waals surface area contributed by atoms with Crippen molar-refractivity contribution in [3.05, 3.63) is 93.7 Å². The minimum atomic E-state index is -4.56. The molecule has 3 fully saturated rings. The Morgan fingerprint density at radius 1 is 0.906 bits per heavy atom. The summed E-state index contributed by atoms with van der Waals surface area (Å²) in [5.74, 6) is -1.10. The normalized spacial score (nSPS) is 19.8. The summed E-state index contributed by atoms with van der Waals surface area (Å²) in [6.45, 7) is 3.26. The fraction of sp³-hybridized carbons (Fsp3) is 0.425. The van der Waals surface area contributed by atoms with Gasteiger partial charge in [-0.15, -0.1) is 0 Å². The van der Waals surface area contributed by atoms with Gasteiger partial charge in [-0.1, -0.05) is 24.3 Å². The van der Waals surface area contributed by atoms with E-state index in [0.29, 0.717) is 60.8 Å². The highest BCUT2D eigenvalue weighted by Crippen LogP contribution is 2.41. The molecule has 0 spiro atoms. The fourth-order valence-electron chi connectivity index (χ4n) is 8.27. The number of anilines is 1. The molecule has 3 aliphatic heterocycles. The van der Waals surface area contributed by atoms with Gasteiger partial charge in [0.05, 0.1) is 12.7 Å². The van der Waals surface area contributed by atoms with Crippen LogP contribution in [-0.2, 0) is 29.4 Å². The Morgan fingerprint density at radius 2 is 1.62 bits per heavy atom. The number of halogens is 4. The third kappa shape index (κ3) is 7.68. The number of aromatic nitrogens is 1. The number of amides is 2. The molecule has 1 unspecified atom stereocenters. The summed E-state index contributed by atoms with van der Waals surface area (Å²) < 4.78 is 65.9. The summed E-state index contributed by atoms with van der Waals surface area (Å²) in [4.78, 5) is 40.9. The van der Waals surface area contributed by atoms with E-state index in [4.69, 9.17) is 4.74 Å². The Bertz CT molecular complexity index is 2080. The second-order valence-corrected chi connectivity index (χ2v) is 14.4. The molecule has 0 bridgehead atoms. The first-order chi connectivity index (χ1) is 25.4. The van der Waals surface area contributed by atoms with Crippen LogP contribution in [0.1, 0.15) is 61.1 Å². The van der Waals surface area contributed by atoms with Gasteiger partial charge in [-0.2, -0.15) is 13.2 Å². The van der Waals surface area contributed by atoms with Gasteiger partial charge in [-0.25, -0.2) is 4.39 Å². The number of carbonyl (C=O) groups is 2. The van der Waals surface area contributed by atoms with E-state index < -0.39 is 23.7 Å². The van der Waals surface area contributed by atoms with Gasteiger partial charge >= 0.3 is 6.18 Å². The maximum Gasteiger partial charge on any atom is 0.416 e. The van der Waals surface area contributed by atoms with Crippen molar-refractivity contribution in [2.75, 3.05) is 38.6 Å². The van der Waals surface area contributed by atoms with Crippen LogP contribution in [0.15, 0.2) is 65.6 Å². The molecule has 4 heterocycles. The second-order valence-electron chi connectivity index (χ2n) is 14.4. The van der Waals surface area contributed by atoms with E-state index in [-0.39, 0.29) is 47.3 Å². The summed E-state index contributed by atoms with van der Waals surface area (Å²) in [5, 5.41) is 6.40. The Balaban J connectivity index is 0.970. The molecule has 7 rings (SSSR count). The van der Waals surface area contributed by atoms with Crippen molar-refractivity contribution < 1.29 is 31.9 Å². The molecule has 3 saturated heterocycles.